The molecule has 0 aromatic carbocycles. The molecular formula is C13H13NO2S. The number of hydrogen-bond acceptors (Lipinski definition) is 4. The van der Waals surface area contributed by atoms with Crippen LogP contribution < -0.4 is 5.73 Å². The van der Waals surface area contributed by atoms with Crippen molar-refractivity contribution < 1.29 is 9.21 Å². The molecule has 2 aromatic heterocycles. The summed E-state index contributed by atoms with van der Waals surface area (Å²) in [6.45, 7) is 0. The van der Waals surface area contributed by atoms with Crippen LogP contribution in [-0.2, 0) is 12.8 Å². The molecule has 2 N–H and O–H groups in total. The number of furan rings is 1. The van der Waals surface area contributed by atoms with Crippen molar-refractivity contribution in [3.63, 3.8) is 0 Å². The van der Waals surface area contributed by atoms with E-state index in [0.717, 1.165) is 24.8 Å². The maximum atomic E-state index is 12.3. The highest BCUT2D eigenvalue weighted by Crippen LogP contribution is 2.37. The lowest BCUT2D eigenvalue weighted by atomic mass is 9.93. The molecule has 1 aliphatic carbocycles. The van der Waals surface area contributed by atoms with Crippen LogP contribution in [0.2, 0.25) is 0 Å². The fraction of sp³-hybridized carbons (Fsp3) is 0.308. The van der Waals surface area contributed by atoms with E-state index < -0.39 is 0 Å². The fourth-order valence-corrected chi connectivity index (χ4v) is 3.52. The number of carbonyl (C=O) groups is 1. The second-order valence-electron chi connectivity index (χ2n) is 4.26. The van der Waals surface area contributed by atoms with E-state index in [0.29, 0.717) is 16.3 Å². The largest absolute Gasteiger partial charge is 0.461 e. The Morgan fingerprint density at radius 3 is 2.94 bits per heavy atom. The Labute approximate surface area is 103 Å². The molecule has 0 unspecified atom stereocenters. The number of rotatable bonds is 2. The molecule has 1 aliphatic rings. The van der Waals surface area contributed by atoms with E-state index in [9.17, 15) is 4.79 Å². The molecule has 0 saturated heterocycles. The third kappa shape index (κ3) is 1.69. The minimum Gasteiger partial charge on any atom is -0.461 e. The van der Waals surface area contributed by atoms with E-state index in [-0.39, 0.29) is 5.78 Å². The maximum Gasteiger partial charge on any atom is 0.231 e. The summed E-state index contributed by atoms with van der Waals surface area (Å²) in [6, 6.07) is 3.41. The van der Waals surface area contributed by atoms with Gasteiger partial charge >= 0.3 is 0 Å². The number of nitrogen functional groups attached to an aromatic ring is 1. The molecule has 17 heavy (non-hydrogen) atoms. The maximum absolute atomic E-state index is 12.3. The summed E-state index contributed by atoms with van der Waals surface area (Å²) >= 11 is 1.56. The molecule has 0 saturated carbocycles. The van der Waals surface area contributed by atoms with Gasteiger partial charge in [0.05, 0.1) is 16.8 Å². The van der Waals surface area contributed by atoms with E-state index in [1.807, 2.05) is 0 Å². The predicted molar refractivity (Wildman–Crippen MR) is 67.5 cm³/mol. The highest BCUT2D eigenvalue weighted by Gasteiger charge is 2.25. The van der Waals surface area contributed by atoms with Gasteiger partial charge in [-0.05, 0) is 43.4 Å². The first-order chi connectivity index (χ1) is 8.27. The molecule has 0 atom stereocenters. The van der Waals surface area contributed by atoms with Crippen LogP contribution in [0.3, 0.4) is 0 Å². The number of anilines is 1. The Hall–Kier alpha value is -1.55. The average molecular weight is 247 g/mol. The molecule has 0 bridgehead atoms. The number of hydrogen-bond donors (Lipinski definition) is 1. The molecular weight excluding hydrogens is 234 g/mol. The molecule has 3 nitrogen and oxygen atoms in total. The summed E-state index contributed by atoms with van der Waals surface area (Å²) in [4.78, 5) is 13.6. The summed E-state index contributed by atoms with van der Waals surface area (Å²) in [6.07, 6.45) is 5.87. The number of aryl methyl sites for hydroxylation is 1. The number of nitrogens with two attached hydrogens (primary N) is 1. The van der Waals surface area contributed by atoms with Crippen LogP contribution in [0.15, 0.2) is 22.8 Å². The molecule has 2 heterocycles. The Morgan fingerprint density at radius 2 is 2.18 bits per heavy atom. The second kappa shape index (κ2) is 4.04. The van der Waals surface area contributed by atoms with Crippen LogP contribution in [0, 0.1) is 0 Å². The van der Waals surface area contributed by atoms with Crippen LogP contribution in [0.5, 0.6) is 0 Å². The lowest BCUT2D eigenvalue weighted by molar-refractivity contribution is 0.101. The standard InChI is InChI=1S/C13H13NO2S/c14-13-11(12(15)9-5-3-7-16-9)8-4-1-2-6-10(8)17-13/h3,5,7H,1-2,4,6,14H2. The van der Waals surface area contributed by atoms with Gasteiger partial charge in [-0.15, -0.1) is 11.3 Å². The Bertz CT molecular complexity index is 554. The van der Waals surface area contributed by atoms with Crippen molar-refractivity contribution in [3.8, 4) is 0 Å². The molecule has 88 valence electrons. The Kier molecular flexibility index (Phi) is 2.52. The first-order valence-corrected chi connectivity index (χ1v) is 6.57. The van der Waals surface area contributed by atoms with Gasteiger partial charge in [0.25, 0.3) is 0 Å². The van der Waals surface area contributed by atoms with Crippen molar-refractivity contribution in [3.05, 3.63) is 40.2 Å². The zero-order chi connectivity index (χ0) is 11.8. The van der Waals surface area contributed by atoms with Crippen molar-refractivity contribution in [2.45, 2.75) is 25.7 Å². The topological polar surface area (TPSA) is 56.2 Å². The molecule has 0 aliphatic heterocycles. The van der Waals surface area contributed by atoms with E-state index >= 15 is 0 Å². The summed E-state index contributed by atoms with van der Waals surface area (Å²) in [5.41, 5.74) is 7.82. The predicted octanol–water partition coefficient (Wildman–Crippen LogP) is 3.03. The SMILES string of the molecule is Nc1sc2c(c1C(=O)c1ccco1)CCCC2. The third-order valence-corrected chi connectivity index (χ3v) is 4.29. The van der Waals surface area contributed by atoms with Crippen molar-refractivity contribution in [1.82, 2.24) is 0 Å². The van der Waals surface area contributed by atoms with Crippen molar-refractivity contribution in [1.29, 1.82) is 0 Å². The molecule has 0 radical (unpaired) electrons. The molecule has 0 amide bonds. The second-order valence-corrected chi connectivity index (χ2v) is 5.39. The average Bonchev–Trinajstić information content (AvgIpc) is 2.94. The van der Waals surface area contributed by atoms with Gasteiger partial charge in [-0.2, -0.15) is 0 Å². The van der Waals surface area contributed by atoms with Crippen LogP contribution in [-0.4, -0.2) is 5.78 Å². The number of carbonyl (C=O) groups excluding carboxylic acids is 1. The van der Waals surface area contributed by atoms with Gasteiger partial charge < -0.3 is 10.2 Å². The lowest BCUT2D eigenvalue weighted by Gasteiger charge is -2.11. The fourth-order valence-electron chi connectivity index (χ4n) is 2.37. The van der Waals surface area contributed by atoms with E-state index in [2.05, 4.69) is 0 Å². The third-order valence-electron chi connectivity index (χ3n) is 3.17. The number of fused-ring (bicyclic) bond motifs is 1. The van der Waals surface area contributed by atoms with Gasteiger partial charge in [0.15, 0.2) is 5.76 Å². The van der Waals surface area contributed by atoms with Gasteiger partial charge in [0, 0.05) is 4.88 Å². The van der Waals surface area contributed by atoms with Crippen LogP contribution in [0.4, 0.5) is 5.00 Å². The first kappa shape index (κ1) is 10.6. The van der Waals surface area contributed by atoms with Crippen molar-refractivity contribution in [2.75, 3.05) is 5.73 Å². The van der Waals surface area contributed by atoms with Gasteiger partial charge in [-0.3, -0.25) is 4.79 Å². The summed E-state index contributed by atoms with van der Waals surface area (Å²) < 4.78 is 5.16. The zero-order valence-corrected chi connectivity index (χ0v) is 10.2. The van der Waals surface area contributed by atoms with Crippen LogP contribution in [0.1, 0.15) is 39.4 Å². The number of ketones is 1. The molecule has 3 rings (SSSR count). The Morgan fingerprint density at radius 1 is 1.35 bits per heavy atom. The van der Waals surface area contributed by atoms with E-state index in [4.69, 9.17) is 10.2 Å². The molecule has 2 aromatic rings. The number of thiophene rings is 1. The monoisotopic (exact) mass is 247 g/mol. The van der Waals surface area contributed by atoms with Gasteiger partial charge in [0.2, 0.25) is 5.78 Å². The molecule has 4 heteroatoms. The van der Waals surface area contributed by atoms with Gasteiger partial charge in [0.1, 0.15) is 0 Å². The van der Waals surface area contributed by atoms with Crippen LogP contribution in [0.25, 0.3) is 0 Å². The summed E-state index contributed by atoms with van der Waals surface area (Å²) in [5.74, 6) is 0.301. The molecule has 0 fully saturated rings. The lowest BCUT2D eigenvalue weighted by Crippen LogP contribution is -2.08. The van der Waals surface area contributed by atoms with Gasteiger partial charge in [-0.1, -0.05) is 0 Å². The quantitative estimate of drug-likeness (QED) is 0.830. The first-order valence-electron chi connectivity index (χ1n) is 5.75. The van der Waals surface area contributed by atoms with Crippen molar-refractivity contribution >= 4 is 22.1 Å². The summed E-state index contributed by atoms with van der Waals surface area (Å²) in [7, 11) is 0. The van der Waals surface area contributed by atoms with Gasteiger partial charge in [-0.25, -0.2) is 0 Å². The normalized spacial score (nSPS) is 14.6. The highest BCUT2D eigenvalue weighted by molar-refractivity contribution is 7.16. The Balaban J connectivity index is 2.08. The molecule has 0 spiro atoms. The van der Waals surface area contributed by atoms with Crippen molar-refractivity contribution in [2.24, 2.45) is 0 Å². The van der Waals surface area contributed by atoms with E-state index in [1.165, 1.54) is 17.6 Å². The summed E-state index contributed by atoms with van der Waals surface area (Å²) in [5, 5.41) is 0.637. The smallest absolute Gasteiger partial charge is 0.231 e. The zero-order valence-electron chi connectivity index (χ0n) is 9.36. The van der Waals surface area contributed by atoms with E-state index in [1.54, 1.807) is 23.5 Å². The minimum absolute atomic E-state index is 0.0769. The highest BCUT2D eigenvalue weighted by atomic mass is 32.1. The minimum atomic E-state index is -0.0769. The van der Waals surface area contributed by atoms with Crippen LogP contribution >= 0.6 is 11.3 Å².